The fourth-order valence-electron chi connectivity index (χ4n) is 2.51. The molecule has 0 heterocycles. The van der Waals surface area contributed by atoms with Crippen LogP contribution in [0.2, 0.25) is 0 Å². The molecule has 3 rings (SSSR count). The summed E-state index contributed by atoms with van der Waals surface area (Å²) in [5.41, 5.74) is 1.04. The maximum absolute atomic E-state index is 13.4. The predicted octanol–water partition coefficient (Wildman–Crippen LogP) is 3.87. The summed E-state index contributed by atoms with van der Waals surface area (Å²) in [6, 6.07) is 6.07. The Morgan fingerprint density at radius 1 is 1.24 bits per heavy atom. The van der Waals surface area contributed by atoms with Gasteiger partial charge >= 0.3 is 0 Å². The van der Waals surface area contributed by atoms with E-state index in [4.69, 9.17) is 0 Å². The van der Waals surface area contributed by atoms with Crippen LogP contribution < -0.4 is 5.32 Å². The molecule has 1 aromatic carbocycles. The lowest BCUT2D eigenvalue weighted by molar-refractivity contribution is 0.415. The largest absolute Gasteiger partial charge is 0.309 e. The van der Waals surface area contributed by atoms with Crippen LogP contribution in [0.3, 0.4) is 0 Å². The number of nitrogens with one attached hydrogen (secondary N) is 1. The summed E-state index contributed by atoms with van der Waals surface area (Å²) in [5.74, 6) is 1.62. The zero-order valence-electron chi connectivity index (χ0n) is 9.76. The molecule has 3 heteroatoms. The molecule has 0 aliphatic heterocycles. The highest BCUT2D eigenvalue weighted by molar-refractivity contribution is 9.10. The molecule has 92 valence electrons. The second-order valence-electron chi connectivity index (χ2n) is 5.33. The number of hydrogen-bond donors (Lipinski definition) is 1. The minimum atomic E-state index is -0.168. The standard InChI is InChI=1S/C14H17BrFN/c15-12-6-1-9(7-13(12)16)8-17-14(10-2-3-10)11-4-5-11/h1,6-7,10-11,14,17H,2-5,8H2. The van der Waals surface area contributed by atoms with Crippen molar-refractivity contribution in [2.24, 2.45) is 11.8 Å². The van der Waals surface area contributed by atoms with Gasteiger partial charge in [-0.1, -0.05) is 6.07 Å². The third kappa shape index (κ3) is 2.89. The van der Waals surface area contributed by atoms with Gasteiger partial charge in [0.25, 0.3) is 0 Å². The van der Waals surface area contributed by atoms with E-state index in [2.05, 4.69) is 21.2 Å². The second kappa shape index (κ2) is 4.69. The van der Waals surface area contributed by atoms with E-state index in [1.54, 1.807) is 12.1 Å². The maximum Gasteiger partial charge on any atom is 0.137 e. The Bertz CT molecular complexity index is 401. The van der Waals surface area contributed by atoms with Crippen molar-refractivity contribution in [3.05, 3.63) is 34.1 Å². The van der Waals surface area contributed by atoms with Gasteiger partial charge < -0.3 is 5.32 Å². The van der Waals surface area contributed by atoms with Gasteiger partial charge in [0.1, 0.15) is 5.82 Å². The van der Waals surface area contributed by atoms with E-state index in [0.717, 1.165) is 23.9 Å². The molecule has 0 spiro atoms. The predicted molar refractivity (Wildman–Crippen MR) is 70.2 cm³/mol. The Morgan fingerprint density at radius 2 is 1.88 bits per heavy atom. The molecule has 2 aliphatic carbocycles. The van der Waals surface area contributed by atoms with Crippen molar-refractivity contribution in [3.63, 3.8) is 0 Å². The fourth-order valence-corrected chi connectivity index (χ4v) is 2.76. The van der Waals surface area contributed by atoms with Gasteiger partial charge in [-0.25, -0.2) is 4.39 Å². The van der Waals surface area contributed by atoms with Gasteiger partial charge in [0.05, 0.1) is 4.47 Å². The first kappa shape index (κ1) is 11.7. The van der Waals surface area contributed by atoms with Crippen molar-refractivity contribution in [2.75, 3.05) is 0 Å². The van der Waals surface area contributed by atoms with Crippen LogP contribution in [0.4, 0.5) is 4.39 Å². The van der Waals surface area contributed by atoms with Crippen molar-refractivity contribution < 1.29 is 4.39 Å². The molecular weight excluding hydrogens is 281 g/mol. The van der Waals surface area contributed by atoms with Gasteiger partial charge in [-0.05, 0) is 71.1 Å². The van der Waals surface area contributed by atoms with E-state index in [1.165, 1.54) is 25.7 Å². The molecule has 0 radical (unpaired) electrons. The summed E-state index contributed by atoms with van der Waals surface area (Å²) in [5, 5.41) is 3.62. The third-order valence-electron chi connectivity index (χ3n) is 3.79. The van der Waals surface area contributed by atoms with Crippen molar-refractivity contribution in [1.82, 2.24) is 5.32 Å². The van der Waals surface area contributed by atoms with Gasteiger partial charge in [0.2, 0.25) is 0 Å². The quantitative estimate of drug-likeness (QED) is 0.870. The van der Waals surface area contributed by atoms with Crippen molar-refractivity contribution in [1.29, 1.82) is 0 Å². The zero-order valence-corrected chi connectivity index (χ0v) is 11.3. The van der Waals surface area contributed by atoms with Gasteiger partial charge in [0.15, 0.2) is 0 Å². The van der Waals surface area contributed by atoms with E-state index in [1.807, 2.05) is 6.07 Å². The van der Waals surface area contributed by atoms with Gasteiger partial charge in [-0.15, -0.1) is 0 Å². The Labute approximate surface area is 110 Å². The van der Waals surface area contributed by atoms with Crippen molar-refractivity contribution in [3.8, 4) is 0 Å². The zero-order chi connectivity index (χ0) is 11.8. The third-order valence-corrected chi connectivity index (χ3v) is 4.43. The van der Waals surface area contributed by atoms with Crippen LogP contribution in [0.1, 0.15) is 31.2 Å². The van der Waals surface area contributed by atoms with Crippen LogP contribution in [0, 0.1) is 17.7 Å². The molecule has 2 fully saturated rings. The highest BCUT2D eigenvalue weighted by atomic mass is 79.9. The topological polar surface area (TPSA) is 12.0 Å². The van der Waals surface area contributed by atoms with Crippen LogP contribution in [-0.4, -0.2) is 6.04 Å². The molecule has 17 heavy (non-hydrogen) atoms. The SMILES string of the molecule is Fc1cc(CNC(C2CC2)C2CC2)ccc1Br. The lowest BCUT2D eigenvalue weighted by Crippen LogP contribution is -2.32. The first-order chi connectivity index (χ1) is 8.24. The van der Waals surface area contributed by atoms with Gasteiger partial charge in [-0.3, -0.25) is 0 Å². The van der Waals surface area contributed by atoms with E-state index in [-0.39, 0.29) is 5.82 Å². The van der Waals surface area contributed by atoms with Crippen LogP contribution in [-0.2, 0) is 6.54 Å². The highest BCUT2D eigenvalue weighted by Gasteiger charge is 2.40. The number of hydrogen-bond acceptors (Lipinski definition) is 1. The van der Waals surface area contributed by atoms with Crippen molar-refractivity contribution >= 4 is 15.9 Å². The van der Waals surface area contributed by atoms with Crippen LogP contribution in [0.5, 0.6) is 0 Å². The molecule has 0 atom stereocenters. The van der Waals surface area contributed by atoms with Crippen LogP contribution >= 0.6 is 15.9 Å². The smallest absolute Gasteiger partial charge is 0.137 e. The molecule has 0 bridgehead atoms. The van der Waals surface area contributed by atoms with Crippen LogP contribution in [0.15, 0.2) is 22.7 Å². The molecule has 1 N–H and O–H groups in total. The average Bonchev–Trinajstić information content (AvgIpc) is 3.14. The molecule has 2 aliphatic rings. The minimum absolute atomic E-state index is 0.168. The van der Waals surface area contributed by atoms with Gasteiger partial charge in [0, 0.05) is 12.6 Å². The monoisotopic (exact) mass is 297 g/mol. The van der Waals surface area contributed by atoms with E-state index in [0.29, 0.717) is 10.5 Å². The molecule has 0 amide bonds. The lowest BCUT2D eigenvalue weighted by Gasteiger charge is -2.17. The number of halogens is 2. The average molecular weight is 298 g/mol. The van der Waals surface area contributed by atoms with E-state index in [9.17, 15) is 4.39 Å². The van der Waals surface area contributed by atoms with Crippen LogP contribution in [0.25, 0.3) is 0 Å². The maximum atomic E-state index is 13.4. The highest BCUT2D eigenvalue weighted by Crippen LogP contribution is 2.44. The first-order valence-corrected chi connectivity index (χ1v) is 7.20. The Hall–Kier alpha value is -0.410. The molecule has 0 unspecified atom stereocenters. The van der Waals surface area contributed by atoms with E-state index >= 15 is 0 Å². The first-order valence-electron chi connectivity index (χ1n) is 6.41. The summed E-state index contributed by atoms with van der Waals surface area (Å²) in [6.45, 7) is 0.794. The fraction of sp³-hybridized carbons (Fsp3) is 0.571. The molecule has 2 saturated carbocycles. The summed E-state index contributed by atoms with van der Waals surface area (Å²) in [6.07, 6.45) is 5.51. The van der Waals surface area contributed by atoms with E-state index < -0.39 is 0 Å². The summed E-state index contributed by atoms with van der Waals surface area (Å²) in [4.78, 5) is 0. The Balaban J connectivity index is 1.60. The summed E-state index contributed by atoms with van der Waals surface area (Å²) < 4.78 is 13.9. The Morgan fingerprint density at radius 3 is 2.41 bits per heavy atom. The summed E-state index contributed by atoms with van der Waals surface area (Å²) >= 11 is 3.18. The Kier molecular flexibility index (Phi) is 3.22. The summed E-state index contributed by atoms with van der Waals surface area (Å²) in [7, 11) is 0. The van der Waals surface area contributed by atoms with Gasteiger partial charge in [-0.2, -0.15) is 0 Å². The van der Waals surface area contributed by atoms with Crippen molar-refractivity contribution in [2.45, 2.75) is 38.3 Å². The normalized spacial score (nSPS) is 19.9. The number of rotatable bonds is 5. The molecule has 0 aromatic heterocycles. The molecule has 1 nitrogen and oxygen atoms in total. The minimum Gasteiger partial charge on any atom is -0.309 e. The number of benzene rings is 1. The molecular formula is C14H17BrFN. The second-order valence-corrected chi connectivity index (χ2v) is 6.18. The lowest BCUT2D eigenvalue weighted by atomic mass is 10.1. The molecule has 1 aromatic rings. The molecule has 0 saturated heterocycles.